The second-order valence-electron chi connectivity index (χ2n) is 5.98. The van der Waals surface area contributed by atoms with Crippen LogP contribution in [0, 0.1) is 0 Å². The van der Waals surface area contributed by atoms with Crippen LogP contribution in [0.15, 0.2) is 6.20 Å². The Labute approximate surface area is 130 Å². The van der Waals surface area contributed by atoms with Crippen LogP contribution < -0.4 is 15.8 Å². The Bertz CT molecular complexity index is 634. The number of ether oxygens (including phenoxy) is 1. The summed E-state index contributed by atoms with van der Waals surface area (Å²) in [5.74, 6) is 0.360. The van der Waals surface area contributed by atoms with E-state index in [0.717, 1.165) is 31.5 Å². The highest BCUT2D eigenvalue weighted by molar-refractivity contribution is 5.59. The van der Waals surface area contributed by atoms with Crippen molar-refractivity contribution in [3.05, 3.63) is 11.9 Å². The van der Waals surface area contributed by atoms with E-state index in [2.05, 4.69) is 27.3 Å². The third-order valence-corrected chi connectivity index (χ3v) is 4.06. The third kappa shape index (κ3) is 3.14. The van der Waals surface area contributed by atoms with Crippen LogP contribution in [-0.2, 0) is 6.42 Å². The molecule has 120 valence electrons. The van der Waals surface area contributed by atoms with Gasteiger partial charge in [-0.15, -0.1) is 5.10 Å². The predicted molar refractivity (Wildman–Crippen MR) is 84.9 cm³/mol. The molecule has 2 aromatic heterocycles. The lowest BCUT2D eigenvalue weighted by molar-refractivity contribution is 0.189. The van der Waals surface area contributed by atoms with Gasteiger partial charge in [0.15, 0.2) is 11.5 Å². The van der Waals surface area contributed by atoms with E-state index in [1.165, 1.54) is 12.8 Å². The van der Waals surface area contributed by atoms with Crippen molar-refractivity contribution < 1.29 is 4.74 Å². The largest absolute Gasteiger partial charge is 0.459 e. The van der Waals surface area contributed by atoms with Gasteiger partial charge in [-0.1, -0.05) is 13.3 Å². The zero-order chi connectivity index (χ0) is 15.5. The van der Waals surface area contributed by atoms with Gasteiger partial charge in [-0.25, -0.2) is 9.50 Å². The number of hydrogen-bond acceptors (Lipinski definition) is 6. The molecular formula is C15H24N6O. The molecule has 3 rings (SSSR count). The highest BCUT2D eigenvalue weighted by Gasteiger charge is 2.19. The van der Waals surface area contributed by atoms with Gasteiger partial charge in [-0.05, 0) is 32.7 Å². The Morgan fingerprint density at radius 3 is 3.14 bits per heavy atom. The molecule has 0 aliphatic carbocycles. The minimum atomic E-state index is 0.0744. The van der Waals surface area contributed by atoms with Crippen LogP contribution in [0.3, 0.4) is 0 Å². The number of imidazole rings is 1. The molecule has 7 heteroatoms. The highest BCUT2D eigenvalue weighted by atomic mass is 16.5. The normalized spacial score (nSPS) is 19.6. The van der Waals surface area contributed by atoms with E-state index >= 15 is 0 Å². The average molecular weight is 304 g/mol. The summed E-state index contributed by atoms with van der Waals surface area (Å²) in [6, 6.07) is 0.809. The van der Waals surface area contributed by atoms with Gasteiger partial charge in [0.1, 0.15) is 0 Å². The highest BCUT2D eigenvalue weighted by Crippen LogP contribution is 2.18. The lowest BCUT2D eigenvalue weighted by Gasteiger charge is -2.13. The second-order valence-corrected chi connectivity index (χ2v) is 5.98. The summed E-state index contributed by atoms with van der Waals surface area (Å²) in [6.07, 6.45) is 7.23. The molecule has 7 nitrogen and oxygen atoms in total. The number of nitrogens with one attached hydrogen (secondary N) is 1. The average Bonchev–Trinajstić information content (AvgIpc) is 3.10. The van der Waals surface area contributed by atoms with Gasteiger partial charge >= 0.3 is 6.01 Å². The fourth-order valence-electron chi connectivity index (χ4n) is 2.95. The standard InChI is InChI=1S/C15H24N6O/c1-3-5-10(2)22-15-19-13(16)14-18-9-12(21(14)20-15)8-11-6-4-7-17-11/h9-11,17H,3-8H2,1-2H3,(H2,16,19,20)/t10-,11?/m0/s1. The van der Waals surface area contributed by atoms with Gasteiger partial charge in [0.05, 0.1) is 18.0 Å². The quantitative estimate of drug-likeness (QED) is 0.842. The molecule has 2 atom stereocenters. The fourth-order valence-corrected chi connectivity index (χ4v) is 2.95. The molecule has 0 saturated carbocycles. The summed E-state index contributed by atoms with van der Waals surface area (Å²) in [5, 5.41) is 7.96. The lowest BCUT2D eigenvalue weighted by Crippen LogP contribution is -2.24. The lowest BCUT2D eigenvalue weighted by atomic mass is 10.1. The van der Waals surface area contributed by atoms with Gasteiger partial charge < -0.3 is 15.8 Å². The fraction of sp³-hybridized carbons (Fsp3) is 0.667. The number of rotatable bonds is 6. The van der Waals surface area contributed by atoms with Gasteiger partial charge in [0, 0.05) is 12.5 Å². The number of hydrogen-bond donors (Lipinski definition) is 2. The molecule has 1 unspecified atom stereocenters. The smallest absolute Gasteiger partial charge is 0.336 e. The van der Waals surface area contributed by atoms with Crippen LogP contribution in [0.5, 0.6) is 6.01 Å². The number of nitrogen functional groups attached to an aromatic ring is 1. The van der Waals surface area contributed by atoms with Crippen LogP contribution in [-0.4, -0.2) is 38.3 Å². The molecule has 0 aromatic carbocycles. The van der Waals surface area contributed by atoms with Crippen molar-refractivity contribution in [1.29, 1.82) is 0 Å². The summed E-state index contributed by atoms with van der Waals surface area (Å²) in [4.78, 5) is 8.56. The first-order valence-corrected chi connectivity index (χ1v) is 8.07. The van der Waals surface area contributed by atoms with Crippen LogP contribution in [0.2, 0.25) is 0 Å². The van der Waals surface area contributed by atoms with E-state index in [4.69, 9.17) is 10.5 Å². The van der Waals surface area contributed by atoms with Crippen molar-refractivity contribution in [2.24, 2.45) is 0 Å². The van der Waals surface area contributed by atoms with Gasteiger partial charge in [-0.2, -0.15) is 4.98 Å². The van der Waals surface area contributed by atoms with Crippen LogP contribution >= 0.6 is 0 Å². The Morgan fingerprint density at radius 1 is 1.55 bits per heavy atom. The summed E-state index contributed by atoms with van der Waals surface area (Å²) in [5.41, 5.74) is 7.64. The number of nitrogens with zero attached hydrogens (tertiary/aromatic N) is 4. The van der Waals surface area contributed by atoms with E-state index < -0.39 is 0 Å². The summed E-state index contributed by atoms with van der Waals surface area (Å²) >= 11 is 0. The first-order valence-electron chi connectivity index (χ1n) is 8.07. The molecule has 0 amide bonds. The van der Waals surface area contributed by atoms with Crippen molar-refractivity contribution in [3.8, 4) is 6.01 Å². The van der Waals surface area contributed by atoms with Crippen LogP contribution in [0.4, 0.5) is 5.82 Å². The van der Waals surface area contributed by atoms with Crippen molar-refractivity contribution in [3.63, 3.8) is 0 Å². The van der Waals surface area contributed by atoms with Gasteiger partial charge in [0.25, 0.3) is 0 Å². The molecule has 2 aromatic rings. The molecule has 1 fully saturated rings. The topological polar surface area (TPSA) is 90.4 Å². The molecule has 3 heterocycles. The first-order chi connectivity index (χ1) is 10.7. The van der Waals surface area contributed by atoms with E-state index in [1.54, 1.807) is 4.52 Å². The zero-order valence-corrected chi connectivity index (χ0v) is 13.2. The van der Waals surface area contributed by atoms with E-state index in [-0.39, 0.29) is 6.10 Å². The molecule has 1 aliphatic heterocycles. The van der Waals surface area contributed by atoms with E-state index in [9.17, 15) is 0 Å². The Morgan fingerprint density at radius 2 is 2.41 bits per heavy atom. The molecule has 0 radical (unpaired) electrons. The maximum atomic E-state index is 6.00. The minimum Gasteiger partial charge on any atom is -0.459 e. The van der Waals surface area contributed by atoms with E-state index in [0.29, 0.717) is 23.5 Å². The second kappa shape index (κ2) is 6.48. The molecule has 3 N–H and O–H groups in total. The summed E-state index contributed by atoms with van der Waals surface area (Å²) in [7, 11) is 0. The molecule has 1 saturated heterocycles. The Kier molecular flexibility index (Phi) is 4.42. The number of nitrogens with two attached hydrogens (primary N) is 1. The van der Waals surface area contributed by atoms with Crippen molar-refractivity contribution >= 4 is 11.5 Å². The Hall–Kier alpha value is -1.89. The Balaban J connectivity index is 1.85. The maximum absolute atomic E-state index is 6.00. The molecular weight excluding hydrogens is 280 g/mol. The summed E-state index contributed by atoms with van der Waals surface area (Å²) < 4.78 is 7.55. The molecule has 0 spiro atoms. The third-order valence-electron chi connectivity index (χ3n) is 4.06. The molecule has 0 bridgehead atoms. The van der Waals surface area contributed by atoms with Gasteiger partial charge in [0.2, 0.25) is 0 Å². The van der Waals surface area contributed by atoms with Gasteiger partial charge in [-0.3, -0.25) is 0 Å². The maximum Gasteiger partial charge on any atom is 0.336 e. The zero-order valence-electron chi connectivity index (χ0n) is 13.2. The van der Waals surface area contributed by atoms with Crippen molar-refractivity contribution in [2.75, 3.05) is 12.3 Å². The number of aromatic nitrogens is 4. The number of fused-ring (bicyclic) bond motifs is 1. The first kappa shape index (κ1) is 15.0. The SMILES string of the molecule is CCC[C@H](C)Oc1nc(N)c2ncc(CC3CCCN3)n2n1. The monoisotopic (exact) mass is 304 g/mol. The predicted octanol–water partition coefficient (Wildman–Crippen LogP) is 1.57. The van der Waals surface area contributed by atoms with Crippen LogP contribution in [0.25, 0.3) is 5.65 Å². The van der Waals surface area contributed by atoms with Crippen molar-refractivity contribution in [1.82, 2.24) is 24.9 Å². The molecule has 22 heavy (non-hydrogen) atoms. The van der Waals surface area contributed by atoms with Crippen molar-refractivity contribution in [2.45, 2.75) is 58.1 Å². The van der Waals surface area contributed by atoms with E-state index in [1.807, 2.05) is 13.1 Å². The minimum absolute atomic E-state index is 0.0744. The number of anilines is 1. The molecule has 1 aliphatic rings. The van der Waals surface area contributed by atoms with Crippen LogP contribution in [0.1, 0.15) is 45.2 Å². The summed E-state index contributed by atoms with van der Waals surface area (Å²) in [6.45, 7) is 5.23.